The van der Waals surface area contributed by atoms with E-state index in [0.717, 1.165) is 30.7 Å². The largest absolute Gasteiger partial charge is 0.458 e. The zero-order chi connectivity index (χ0) is 14.8. The summed E-state index contributed by atoms with van der Waals surface area (Å²) in [7, 11) is 1.72. The Kier molecular flexibility index (Phi) is 4.81. The standard InChI is InChI=1S/C15H23NO3S/c1-15(2,3)14-16-9-12(20-14)13(17)19-11-7-5-6-10(8-11)18-4/h9-11H,5-8H2,1-4H3/t10-,11+/m0/s1. The van der Waals surface area contributed by atoms with Gasteiger partial charge < -0.3 is 9.47 Å². The van der Waals surface area contributed by atoms with E-state index < -0.39 is 0 Å². The predicted molar refractivity (Wildman–Crippen MR) is 79.3 cm³/mol. The molecular weight excluding hydrogens is 274 g/mol. The first-order chi connectivity index (χ1) is 9.40. The molecule has 1 aromatic rings. The third-order valence-electron chi connectivity index (χ3n) is 3.53. The summed E-state index contributed by atoms with van der Waals surface area (Å²) in [5.74, 6) is -0.250. The SMILES string of the molecule is CO[C@H]1CCC[C@@H](OC(=O)c2cnc(C(C)(C)C)s2)C1. The molecule has 0 spiro atoms. The van der Waals surface area contributed by atoms with Crippen LogP contribution < -0.4 is 0 Å². The molecule has 2 atom stereocenters. The van der Waals surface area contributed by atoms with Crippen molar-refractivity contribution in [3.63, 3.8) is 0 Å². The van der Waals surface area contributed by atoms with Gasteiger partial charge >= 0.3 is 5.97 Å². The number of carbonyl (C=O) groups excluding carboxylic acids is 1. The number of hydrogen-bond acceptors (Lipinski definition) is 5. The van der Waals surface area contributed by atoms with Crippen LogP contribution in [0.15, 0.2) is 6.20 Å². The van der Waals surface area contributed by atoms with Gasteiger partial charge in [0.25, 0.3) is 0 Å². The van der Waals surface area contributed by atoms with Crippen LogP contribution >= 0.6 is 11.3 Å². The van der Waals surface area contributed by atoms with Crippen LogP contribution in [0.4, 0.5) is 0 Å². The molecule has 1 heterocycles. The molecule has 1 aliphatic rings. The van der Waals surface area contributed by atoms with Crippen molar-refractivity contribution in [1.29, 1.82) is 0 Å². The average Bonchev–Trinajstić information content (AvgIpc) is 2.88. The smallest absolute Gasteiger partial charge is 0.350 e. The molecule has 0 amide bonds. The molecule has 1 fully saturated rings. The number of methoxy groups -OCH3 is 1. The molecule has 0 aliphatic heterocycles. The maximum absolute atomic E-state index is 12.2. The van der Waals surface area contributed by atoms with Crippen LogP contribution in [-0.4, -0.2) is 30.3 Å². The Bertz CT molecular complexity index is 464. The van der Waals surface area contributed by atoms with Crippen LogP contribution in [-0.2, 0) is 14.9 Å². The highest BCUT2D eigenvalue weighted by molar-refractivity contribution is 7.13. The van der Waals surface area contributed by atoms with Gasteiger partial charge in [0.05, 0.1) is 17.3 Å². The number of thiazole rings is 1. The Labute approximate surface area is 124 Å². The normalized spacial score (nSPS) is 23.6. The Morgan fingerprint density at radius 2 is 2.05 bits per heavy atom. The van der Waals surface area contributed by atoms with E-state index in [1.54, 1.807) is 13.3 Å². The predicted octanol–water partition coefficient (Wildman–Crippen LogP) is 3.56. The monoisotopic (exact) mass is 297 g/mol. The molecule has 20 heavy (non-hydrogen) atoms. The van der Waals surface area contributed by atoms with Crippen LogP contribution in [0, 0.1) is 0 Å². The molecule has 2 rings (SSSR count). The molecule has 0 saturated heterocycles. The van der Waals surface area contributed by atoms with E-state index in [2.05, 4.69) is 25.8 Å². The van der Waals surface area contributed by atoms with Crippen molar-refractivity contribution in [2.45, 2.75) is 64.1 Å². The quantitative estimate of drug-likeness (QED) is 0.800. The molecular formula is C15H23NO3S. The van der Waals surface area contributed by atoms with E-state index in [-0.39, 0.29) is 23.6 Å². The van der Waals surface area contributed by atoms with Gasteiger partial charge in [0.1, 0.15) is 11.0 Å². The van der Waals surface area contributed by atoms with Crippen LogP contribution in [0.1, 0.15) is 61.1 Å². The lowest BCUT2D eigenvalue weighted by molar-refractivity contribution is -0.0146. The first kappa shape index (κ1) is 15.4. The summed E-state index contributed by atoms with van der Waals surface area (Å²) in [6.07, 6.45) is 5.65. The zero-order valence-electron chi connectivity index (χ0n) is 12.6. The second kappa shape index (κ2) is 6.22. The van der Waals surface area contributed by atoms with Crippen molar-refractivity contribution >= 4 is 17.3 Å². The van der Waals surface area contributed by atoms with E-state index >= 15 is 0 Å². The second-order valence-corrected chi connectivity index (χ2v) is 7.36. The summed E-state index contributed by atoms with van der Waals surface area (Å²) in [6, 6.07) is 0. The highest BCUT2D eigenvalue weighted by Gasteiger charge is 2.27. The summed E-state index contributed by atoms with van der Waals surface area (Å²) >= 11 is 1.43. The Balaban J connectivity index is 1.96. The minimum atomic E-state index is -0.250. The van der Waals surface area contributed by atoms with Crippen molar-refractivity contribution < 1.29 is 14.3 Å². The Morgan fingerprint density at radius 3 is 2.65 bits per heavy atom. The van der Waals surface area contributed by atoms with Crippen molar-refractivity contribution in [2.24, 2.45) is 0 Å². The minimum Gasteiger partial charge on any atom is -0.458 e. The lowest BCUT2D eigenvalue weighted by Gasteiger charge is -2.27. The van der Waals surface area contributed by atoms with Gasteiger partial charge in [-0.2, -0.15) is 0 Å². The molecule has 5 heteroatoms. The maximum Gasteiger partial charge on any atom is 0.350 e. The molecule has 1 aliphatic carbocycles. The number of nitrogens with zero attached hydrogens (tertiary/aromatic N) is 1. The van der Waals surface area contributed by atoms with E-state index in [1.807, 2.05) is 0 Å². The molecule has 0 aromatic carbocycles. The fourth-order valence-electron chi connectivity index (χ4n) is 2.35. The second-order valence-electron chi connectivity index (χ2n) is 6.33. The van der Waals surface area contributed by atoms with Gasteiger partial charge in [0.15, 0.2) is 0 Å². The van der Waals surface area contributed by atoms with Crippen molar-refractivity contribution in [2.75, 3.05) is 7.11 Å². The highest BCUT2D eigenvalue weighted by atomic mass is 32.1. The van der Waals surface area contributed by atoms with Gasteiger partial charge in [-0.3, -0.25) is 0 Å². The third-order valence-corrected chi connectivity index (χ3v) is 4.94. The minimum absolute atomic E-state index is 0.0265. The number of carbonyl (C=O) groups is 1. The average molecular weight is 297 g/mol. The van der Waals surface area contributed by atoms with Crippen LogP contribution in [0.3, 0.4) is 0 Å². The molecule has 1 aromatic heterocycles. The van der Waals surface area contributed by atoms with Gasteiger partial charge in [0.2, 0.25) is 0 Å². The molecule has 112 valence electrons. The number of aromatic nitrogens is 1. The third kappa shape index (κ3) is 3.79. The van der Waals surface area contributed by atoms with E-state index in [0.29, 0.717) is 4.88 Å². The molecule has 1 saturated carbocycles. The Hall–Kier alpha value is -0.940. The summed E-state index contributed by atoms with van der Waals surface area (Å²) in [5, 5.41) is 0.961. The summed E-state index contributed by atoms with van der Waals surface area (Å²) in [4.78, 5) is 17.1. The first-order valence-corrected chi connectivity index (χ1v) is 7.92. The fraction of sp³-hybridized carbons (Fsp3) is 0.733. The van der Waals surface area contributed by atoms with Crippen molar-refractivity contribution in [3.05, 3.63) is 16.1 Å². The Morgan fingerprint density at radius 1 is 1.35 bits per heavy atom. The molecule has 0 unspecified atom stereocenters. The van der Waals surface area contributed by atoms with Gasteiger partial charge in [-0.15, -0.1) is 11.3 Å². The zero-order valence-corrected chi connectivity index (χ0v) is 13.5. The maximum atomic E-state index is 12.2. The summed E-state index contributed by atoms with van der Waals surface area (Å²) in [6.45, 7) is 6.27. The molecule has 0 radical (unpaired) electrons. The first-order valence-electron chi connectivity index (χ1n) is 7.10. The summed E-state index contributed by atoms with van der Waals surface area (Å²) in [5.41, 5.74) is -0.0326. The number of ether oxygens (including phenoxy) is 2. The van der Waals surface area contributed by atoms with Gasteiger partial charge in [-0.05, 0) is 19.3 Å². The number of hydrogen-bond donors (Lipinski definition) is 0. The highest BCUT2D eigenvalue weighted by Crippen LogP contribution is 2.28. The number of rotatable bonds is 3. The molecule has 0 bridgehead atoms. The van der Waals surface area contributed by atoms with Crippen LogP contribution in [0.2, 0.25) is 0 Å². The lowest BCUT2D eigenvalue weighted by Crippen LogP contribution is -2.29. The van der Waals surface area contributed by atoms with Crippen LogP contribution in [0.25, 0.3) is 0 Å². The van der Waals surface area contributed by atoms with E-state index in [1.165, 1.54) is 11.3 Å². The van der Waals surface area contributed by atoms with Gasteiger partial charge in [0, 0.05) is 18.9 Å². The van der Waals surface area contributed by atoms with E-state index in [9.17, 15) is 4.79 Å². The number of esters is 1. The van der Waals surface area contributed by atoms with E-state index in [4.69, 9.17) is 9.47 Å². The molecule has 0 N–H and O–H groups in total. The topological polar surface area (TPSA) is 48.4 Å². The van der Waals surface area contributed by atoms with Gasteiger partial charge in [-0.1, -0.05) is 20.8 Å². The van der Waals surface area contributed by atoms with Crippen molar-refractivity contribution in [3.8, 4) is 0 Å². The van der Waals surface area contributed by atoms with Gasteiger partial charge in [-0.25, -0.2) is 9.78 Å². The molecule has 4 nitrogen and oxygen atoms in total. The van der Waals surface area contributed by atoms with Crippen LogP contribution in [0.5, 0.6) is 0 Å². The summed E-state index contributed by atoms with van der Waals surface area (Å²) < 4.78 is 10.9. The lowest BCUT2D eigenvalue weighted by atomic mass is 9.95. The van der Waals surface area contributed by atoms with Crippen molar-refractivity contribution in [1.82, 2.24) is 4.98 Å². The fourth-order valence-corrected chi connectivity index (χ4v) is 3.20.